The molecule has 1 aliphatic rings. The summed E-state index contributed by atoms with van der Waals surface area (Å²) in [5.41, 5.74) is 6.28. The van der Waals surface area contributed by atoms with Crippen LogP contribution in [0.2, 0.25) is 0 Å². The van der Waals surface area contributed by atoms with Gasteiger partial charge in [0, 0.05) is 12.5 Å². The summed E-state index contributed by atoms with van der Waals surface area (Å²) in [5.74, 6) is 0.373. The van der Waals surface area contributed by atoms with E-state index in [0.29, 0.717) is 5.92 Å². The van der Waals surface area contributed by atoms with Crippen molar-refractivity contribution in [3.05, 3.63) is 66.1 Å². The van der Waals surface area contributed by atoms with Crippen LogP contribution in [0.5, 0.6) is 0 Å². The van der Waals surface area contributed by atoms with Crippen LogP contribution in [-0.2, 0) is 0 Å². The number of benzene rings is 1. The average molecular weight is 241 g/mol. The van der Waals surface area contributed by atoms with Crippen LogP contribution in [0.25, 0.3) is 0 Å². The lowest BCUT2D eigenvalue weighted by Crippen LogP contribution is -2.55. The average Bonchev–Trinajstić information content (AvgIpc) is 2.34. The molecule has 1 fully saturated rings. The Hall–Kier alpha value is -1.76. The van der Waals surface area contributed by atoms with Gasteiger partial charge in [0.2, 0.25) is 0 Å². The smallest absolute Gasteiger partial charge is 0.0791 e. The molecule has 0 saturated carbocycles. The van der Waals surface area contributed by atoms with Gasteiger partial charge >= 0.3 is 0 Å². The summed E-state index contributed by atoms with van der Waals surface area (Å²) in [7, 11) is 0. The Kier molecular flexibility index (Phi) is 3.71. The van der Waals surface area contributed by atoms with Crippen LogP contribution >= 0.6 is 0 Å². The minimum atomic E-state index is 0.106. The van der Waals surface area contributed by atoms with Gasteiger partial charge < -0.3 is 10.0 Å². The predicted octanol–water partition coefficient (Wildman–Crippen LogP) is 2.61. The second-order valence-corrected chi connectivity index (χ2v) is 4.69. The molecule has 0 aliphatic carbocycles. The van der Waals surface area contributed by atoms with E-state index in [1.54, 1.807) is 6.08 Å². The second kappa shape index (κ2) is 5.26. The molecule has 1 saturated heterocycles. The summed E-state index contributed by atoms with van der Waals surface area (Å²) in [6.45, 7) is 10.5. The third-order valence-electron chi connectivity index (χ3n) is 3.60. The molecule has 1 aliphatic heterocycles. The predicted molar refractivity (Wildman–Crippen MR) is 74.3 cm³/mol. The van der Waals surface area contributed by atoms with Gasteiger partial charge in [-0.05, 0) is 18.6 Å². The van der Waals surface area contributed by atoms with Crippen LogP contribution in [0.15, 0.2) is 54.9 Å². The lowest BCUT2D eigenvalue weighted by atomic mass is 9.82. The van der Waals surface area contributed by atoms with Crippen LogP contribution in [-0.4, -0.2) is 29.2 Å². The first kappa shape index (κ1) is 12.7. The first-order valence-electron chi connectivity index (χ1n) is 6.17. The lowest BCUT2D eigenvalue weighted by molar-refractivity contribution is 0.0509. The quantitative estimate of drug-likeness (QED) is 0.647. The van der Waals surface area contributed by atoms with E-state index in [-0.39, 0.29) is 12.6 Å². The van der Waals surface area contributed by atoms with Gasteiger partial charge in [0.25, 0.3) is 0 Å². The van der Waals surface area contributed by atoms with E-state index in [4.69, 9.17) is 0 Å². The zero-order valence-electron chi connectivity index (χ0n) is 10.8. The number of allylic oxidation sites excluding steroid dienone is 1. The minimum absolute atomic E-state index is 0.106. The summed E-state index contributed by atoms with van der Waals surface area (Å²) in [6, 6.07) is 8.58. The monoisotopic (exact) mass is 241 g/mol. The molecule has 1 N–H and O–H groups in total. The Morgan fingerprint density at radius 3 is 2.94 bits per heavy atom. The number of aliphatic hydroxyl groups excluding tert-OH is 1. The number of nitrogens with zero attached hydrogens (tertiary/aromatic N) is 1. The molecule has 2 nitrogen and oxygen atoms in total. The molecule has 1 aromatic rings. The van der Waals surface area contributed by atoms with Gasteiger partial charge in [-0.25, -0.2) is 0 Å². The van der Waals surface area contributed by atoms with Crippen LogP contribution < -0.4 is 0 Å². The fraction of sp³-hybridized carbons (Fsp3) is 0.312. The second-order valence-electron chi connectivity index (χ2n) is 4.69. The van der Waals surface area contributed by atoms with Crippen LogP contribution in [0.4, 0.5) is 0 Å². The van der Waals surface area contributed by atoms with E-state index in [2.05, 4.69) is 55.0 Å². The van der Waals surface area contributed by atoms with Crippen LogP contribution in [0.1, 0.15) is 17.0 Å². The summed E-state index contributed by atoms with van der Waals surface area (Å²) in [5, 5.41) is 9.56. The highest BCUT2D eigenvalue weighted by molar-refractivity contribution is 5.32. The summed E-state index contributed by atoms with van der Waals surface area (Å²) < 4.78 is 0. The highest BCUT2D eigenvalue weighted by Crippen LogP contribution is 2.36. The van der Waals surface area contributed by atoms with Crippen molar-refractivity contribution in [2.24, 2.45) is 0 Å². The fourth-order valence-electron chi connectivity index (χ4n) is 2.57. The normalized spacial score (nSPS) is 22.0. The minimum Gasteiger partial charge on any atom is -0.394 e. The van der Waals surface area contributed by atoms with Gasteiger partial charge in [-0.3, -0.25) is 0 Å². The van der Waals surface area contributed by atoms with Gasteiger partial charge in [0.1, 0.15) is 0 Å². The van der Waals surface area contributed by atoms with Crippen molar-refractivity contribution >= 4 is 0 Å². The van der Waals surface area contributed by atoms with Crippen LogP contribution in [0, 0.1) is 6.92 Å². The highest BCUT2D eigenvalue weighted by atomic mass is 16.3. The molecule has 0 aromatic heterocycles. The van der Waals surface area contributed by atoms with Crippen LogP contribution in [0.3, 0.4) is 0 Å². The lowest BCUT2D eigenvalue weighted by Gasteiger charge is -2.49. The largest absolute Gasteiger partial charge is 0.394 e. The van der Waals surface area contributed by atoms with Gasteiger partial charge in [0.05, 0.1) is 18.3 Å². The molecule has 0 unspecified atom stereocenters. The number of hydrogen-bond donors (Lipinski definition) is 1. The Balaban J connectivity index is 2.20. The molecule has 1 heterocycles. The van der Waals surface area contributed by atoms with E-state index in [1.165, 1.54) is 11.1 Å². The molecule has 94 valence electrons. The molecule has 2 rings (SSSR count). The van der Waals surface area contributed by atoms with Crippen molar-refractivity contribution in [1.29, 1.82) is 0 Å². The Labute approximate surface area is 109 Å². The van der Waals surface area contributed by atoms with E-state index >= 15 is 0 Å². The van der Waals surface area contributed by atoms with Gasteiger partial charge in [-0.15, -0.1) is 5.73 Å². The molecule has 0 amide bonds. The van der Waals surface area contributed by atoms with Crippen molar-refractivity contribution in [2.75, 3.05) is 13.2 Å². The number of hydrogen-bond acceptors (Lipinski definition) is 2. The van der Waals surface area contributed by atoms with E-state index in [1.807, 2.05) is 0 Å². The van der Waals surface area contributed by atoms with E-state index in [0.717, 1.165) is 12.2 Å². The van der Waals surface area contributed by atoms with E-state index < -0.39 is 0 Å². The zero-order valence-corrected chi connectivity index (χ0v) is 10.8. The highest BCUT2D eigenvalue weighted by Gasteiger charge is 2.39. The zero-order chi connectivity index (χ0) is 13.1. The maximum Gasteiger partial charge on any atom is 0.0791 e. The molecule has 0 radical (unpaired) electrons. The standard InChI is InChI=1S/C16H19NO/c1-4-14(5-2)17-10-15(16(17)11-18)13-8-6-7-12(3)9-13/h4,6-9,15-16,18H,1-2,10-11H2,3H3/t15-,16+/m1/s1. The van der Waals surface area contributed by atoms with E-state index in [9.17, 15) is 5.11 Å². The Morgan fingerprint density at radius 1 is 1.61 bits per heavy atom. The first-order chi connectivity index (χ1) is 8.71. The number of aliphatic hydroxyl groups is 1. The third kappa shape index (κ3) is 2.13. The molecule has 0 bridgehead atoms. The maximum absolute atomic E-state index is 9.56. The molecular weight excluding hydrogens is 222 g/mol. The van der Waals surface area contributed by atoms with Crippen molar-refractivity contribution < 1.29 is 5.11 Å². The number of aryl methyl sites for hydroxylation is 1. The maximum atomic E-state index is 9.56. The summed E-state index contributed by atoms with van der Waals surface area (Å²) in [6.07, 6.45) is 1.74. The van der Waals surface area contributed by atoms with Crippen molar-refractivity contribution in [2.45, 2.75) is 18.9 Å². The first-order valence-corrected chi connectivity index (χ1v) is 6.17. The van der Waals surface area contributed by atoms with Crippen molar-refractivity contribution in [3.63, 3.8) is 0 Å². The Morgan fingerprint density at radius 2 is 2.39 bits per heavy atom. The van der Waals surface area contributed by atoms with Gasteiger partial charge in [0.15, 0.2) is 0 Å². The summed E-state index contributed by atoms with van der Waals surface area (Å²) in [4.78, 5) is 2.10. The van der Waals surface area contributed by atoms with Crippen molar-refractivity contribution in [3.8, 4) is 0 Å². The van der Waals surface area contributed by atoms with Gasteiger partial charge in [-0.1, -0.05) is 43.0 Å². The molecular formula is C16H19NO. The number of rotatable bonds is 4. The molecule has 2 heteroatoms. The molecule has 18 heavy (non-hydrogen) atoms. The summed E-state index contributed by atoms with van der Waals surface area (Å²) >= 11 is 0. The third-order valence-corrected chi connectivity index (χ3v) is 3.60. The molecule has 2 atom stereocenters. The fourth-order valence-corrected chi connectivity index (χ4v) is 2.57. The molecule has 1 aromatic carbocycles. The van der Waals surface area contributed by atoms with Crippen molar-refractivity contribution in [1.82, 2.24) is 4.90 Å². The topological polar surface area (TPSA) is 23.5 Å². The molecule has 0 spiro atoms. The Bertz CT molecular complexity index is 500. The SMILES string of the molecule is C=C=C(C=C)N1C[C@H](c2cccc(C)c2)[C@@H]1CO. The van der Waals surface area contributed by atoms with Gasteiger partial charge in [-0.2, -0.15) is 0 Å². The number of likely N-dealkylation sites (tertiary alicyclic amines) is 1.